The summed E-state index contributed by atoms with van der Waals surface area (Å²) in [4.78, 5) is 11.6. The first kappa shape index (κ1) is 10.5. The van der Waals surface area contributed by atoms with Crippen LogP contribution in [0.3, 0.4) is 0 Å². The zero-order valence-corrected chi connectivity index (χ0v) is 9.55. The van der Waals surface area contributed by atoms with Gasteiger partial charge in [0, 0.05) is 0 Å². The van der Waals surface area contributed by atoms with Crippen molar-refractivity contribution in [1.82, 2.24) is 10.2 Å². The summed E-state index contributed by atoms with van der Waals surface area (Å²) >= 11 is 1.29. The second-order valence-corrected chi connectivity index (χ2v) is 4.97. The molecule has 4 nitrogen and oxygen atoms in total. The third-order valence-electron chi connectivity index (χ3n) is 2.53. The third kappa shape index (κ3) is 2.75. The summed E-state index contributed by atoms with van der Waals surface area (Å²) in [6.45, 7) is 1.83. The maximum atomic E-state index is 11.6. The molecule has 0 amide bonds. The number of ether oxygens (including phenoxy) is 1. The van der Waals surface area contributed by atoms with Crippen LogP contribution in [-0.4, -0.2) is 22.3 Å². The van der Waals surface area contributed by atoms with Gasteiger partial charge in [-0.15, -0.1) is 10.2 Å². The van der Waals surface area contributed by atoms with E-state index in [1.807, 2.05) is 6.92 Å². The topological polar surface area (TPSA) is 52.1 Å². The fourth-order valence-electron chi connectivity index (χ4n) is 1.76. The zero-order valence-electron chi connectivity index (χ0n) is 8.73. The zero-order chi connectivity index (χ0) is 10.7. The number of aryl methyl sites for hydroxylation is 1. The molecule has 2 rings (SSSR count). The lowest BCUT2D eigenvalue weighted by Gasteiger charge is -2.20. The van der Waals surface area contributed by atoms with E-state index in [-0.39, 0.29) is 12.1 Å². The molecule has 15 heavy (non-hydrogen) atoms. The summed E-state index contributed by atoms with van der Waals surface area (Å²) in [5.41, 5.74) is 0. The molecule has 0 radical (unpaired) electrons. The maximum absolute atomic E-state index is 11.6. The summed E-state index contributed by atoms with van der Waals surface area (Å²) in [6, 6.07) is 0. The number of carbonyl (C=O) groups is 1. The van der Waals surface area contributed by atoms with Crippen molar-refractivity contribution in [3.63, 3.8) is 0 Å². The summed E-state index contributed by atoms with van der Waals surface area (Å²) in [5.74, 6) is -0.313. The molecular weight excluding hydrogens is 212 g/mol. The van der Waals surface area contributed by atoms with E-state index in [9.17, 15) is 4.79 Å². The minimum Gasteiger partial charge on any atom is -0.457 e. The molecule has 0 unspecified atom stereocenters. The van der Waals surface area contributed by atoms with E-state index in [2.05, 4.69) is 10.2 Å². The lowest BCUT2D eigenvalue weighted by molar-refractivity contribution is 0.0210. The van der Waals surface area contributed by atoms with E-state index in [0.29, 0.717) is 5.01 Å². The van der Waals surface area contributed by atoms with E-state index in [1.165, 1.54) is 17.8 Å². The van der Waals surface area contributed by atoms with Crippen molar-refractivity contribution < 1.29 is 9.53 Å². The van der Waals surface area contributed by atoms with Gasteiger partial charge >= 0.3 is 5.97 Å². The Bertz CT molecular complexity index is 345. The molecule has 0 N–H and O–H groups in total. The lowest BCUT2D eigenvalue weighted by Crippen LogP contribution is -2.20. The Morgan fingerprint density at radius 3 is 2.67 bits per heavy atom. The van der Waals surface area contributed by atoms with Gasteiger partial charge in [0.1, 0.15) is 11.1 Å². The van der Waals surface area contributed by atoms with Crippen LogP contribution < -0.4 is 0 Å². The van der Waals surface area contributed by atoms with Crippen LogP contribution in [0.15, 0.2) is 0 Å². The molecule has 1 aromatic rings. The molecule has 0 bridgehead atoms. The molecule has 82 valence electrons. The Labute approximate surface area is 92.7 Å². The van der Waals surface area contributed by atoms with Gasteiger partial charge in [-0.3, -0.25) is 0 Å². The van der Waals surface area contributed by atoms with Crippen LogP contribution in [0.2, 0.25) is 0 Å². The van der Waals surface area contributed by atoms with Crippen LogP contribution in [-0.2, 0) is 4.74 Å². The highest BCUT2D eigenvalue weighted by atomic mass is 32.1. The molecular formula is C10H14N2O2S. The van der Waals surface area contributed by atoms with E-state index < -0.39 is 0 Å². The number of esters is 1. The van der Waals surface area contributed by atoms with Crippen LogP contribution in [0.25, 0.3) is 0 Å². The standard InChI is InChI=1S/C10H14N2O2S/c1-7-11-12-9(15-7)10(13)14-8-5-3-2-4-6-8/h8H,2-6H2,1H3. The molecule has 1 fully saturated rings. The van der Waals surface area contributed by atoms with Gasteiger partial charge in [0.2, 0.25) is 5.01 Å². The van der Waals surface area contributed by atoms with Crippen molar-refractivity contribution in [2.75, 3.05) is 0 Å². The van der Waals surface area contributed by atoms with Gasteiger partial charge in [0.05, 0.1) is 0 Å². The number of hydrogen-bond donors (Lipinski definition) is 0. The first-order valence-corrected chi connectivity index (χ1v) is 6.08. The second kappa shape index (κ2) is 4.70. The third-order valence-corrected chi connectivity index (χ3v) is 3.35. The van der Waals surface area contributed by atoms with Crippen LogP contribution in [0.1, 0.15) is 46.9 Å². The minimum atomic E-state index is -0.313. The number of aromatic nitrogens is 2. The molecule has 0 saturated heterocycles. The normalized spacial score (nSPS) is 17.7. The lowest BCUT2D eigenvalue weighted by atomic mass is 9.98. The summed E-state index contributed by atoms with van der Waals surface area (Å²) in [5, 5.41) is 8.74. The molecule has 0 aromatic carbocycles. The van der Waals surface area contributed by atoms with Gasteiger partial charge < -0.3 is 4.74 Å². The van der Waals surface area contributed by atoms with Gasteiger partial charge in [-0.05, 0) is 32.6 Å². The summed E-state index contributed by atoms with van der Waals surface area (Å²) < 4.78 is 5.36. The molecule has 0 spiro atoms. The smallest absolute Gasteiger partial charge is 0.369 e. The van der Waals surface area contributed by atoms with Crippen LogP contribution in [0.5, 0.6) is 0 Å². The molecule has 5 heteroatoms. The average molecular weight is 226 g/mol. The predicted molar refractivity (Wildman–Crippen MR) is 56.9 cm³/mol. The Kier molecular flexibility index (Phi) is 3.30. The summed E-state index contributed by atoms with van der Waals surface area (Å²) in [7, 11) is 0. The number of nitrogens with zero attached hydrogens (tertiary/aromatic N) is 2. The average Bonchev–Trinajstić information content (AvgIpc) is 2.66. The van der Waals surface area contributed by atoms with Crippen molar-refractivity contribution in [3.05, 3.63) is 10.0 Å². The number of rotatable bonds is 2. The van der Waals surface area contributed by atoms with Crippen LogP contribution >= 0.6 is 11.3 Å². The van der Waals surface area contributed by atoms with Crippen molar-refractivity contribution in [1.29, 1.82) is 0 Å². The SMILES string of the molecule is Cc1nnc(C(=O)OC2CCCCC2)s1. The van der Waals surface area contributed by atoms with Crippen molar-refractivity contribution >= 4 is 17.3 Å². The van der Waals surface area contributed by atoms with E-state index in [1.54, 1.807) is 0 Å². The highest BCUT2D eigenvalue weighted by molar-refractivity contribution is 7.13. The van der Waals surface area contributed by atoms with E-state index >= 15 is 0 Å². The predicted octanol–water partition coefficient (Wildman–Crippen LogP) is 2.34. The van der Waals surface area contributed by atoms with Gasteiger partial charge in [-0.1, -0.05) is 17.8 Å². The molecule has 1 aliphatic carbocycles. The van der Waals surface area contributed by atoms with Crippen molar-refractivity contribution in [2.24, 2.45) is 0 Å². The molecule has 1 saturated carbocycles. The second-order valence-electron chi connectivity index (χ2n) is 3.79. The Morgan fingerprint density at radius 2 is 2.07 bits per heavy atom. The monoisotopic (exact) mass is 226 g/mol. The Balaban J connectivity index is 1.91. The number of carbonyl (C=O) groups excluding carboxylic acids is 1. The van der Waals surface area contributed by atoms with Gasteiger partial charge in [-0.2, -0.15) is 0 Å². The number of hydrogen-bond acceptors (Lipinski definition) is 5. The van der Waals surface area contributed by atoms with E-state index in [4.69, 9.17) is 4.74 Å². The fourth-order valence-corrected chi connectivity index (χ4v) is 2.34. The Morgan fingerprint density at radius 1 is 1.33 bits per heavy atom. The molecule has 0 aliphatic heterocycles. The largest absolute Gasteiger partial charge is 0.457 e. The molecule has 1 aromatic heterocycles. The minimum absolute atomic E-state index is 0.0930. The molecule has 0 atom stereocenters. The van der Waals surface area contributed by atoms with Crippen LogP contribution in [0, 0.1) is 6.92 Å². The first-order chi connectivity index (χ1) is 7.25. The highest BCUT2D eigenvalue weighted by Gasteiger charge is 2.20. The Hall–Kier alpha value is -0.970. The fraction of sp³-hybridized carbons (Fsp3) is 0.700. The van der Waals surface area contributed by atoms with Gasteiger partial charge in [-0.25, -0.2) is 4.79 Å². The summed E-state index contributed by atoms with van der Waals surface area (Å²) in [6.07, 6.45) is 5.65. The molecule has 1 heterocycles. The van der Waals surface area contributed by atoms with Crippen LogP contribution in [0.4, 0.5) is 0 Å². The van der Waals surface area contributed by atoms with Gasteiger partial charge in [0.25, 0.3) is 0 Å². The molecule has 1 aliphatic rings. The van der Waals surface area contributed by atoms with Crippen molar-refractivity contribution in [3.8, 4) is 0 Å². The first-order valence-electron chi connectivity index (χ1n) is 5.27. The highest BCUT2D eigenvalue weighted by Crippen LogP contribution is 2.21. The van der Waals surface area contributed by atoms with Crippen molar-refractivity contribution in [2.45, 2.75) is 45.1 Å². The van der Waals surface area contributed by atoms with E-state index in [0.717, 1.165) is 30.7 Å². The quantitative estimate of drug-likeness (QED) is 0.726. The maximum Gasteiger partial charge on any atom is 0.369 e. The van der Waals surface area contributed by atoms with Gasteiger partial charge in [0.15, 0.2) is 0 Å².